The van der Waals surface area contributed by atoms with Gasteiger partial charge in [-0.3, -0.25) is 4.79 Å². The highest BCUT2D eigenvalue weighted by molar-refractivity contribution is 7.13. The molecule has 0 bridgehead atoms. The molecule has 5 nitrogen and oxygen atoms in total. The van der Waals surface area contributed by atoms with Gasteiger partial charge in [0.1, 0.15) is 0 Å². The third-order valence-electron chi connectivity index (χ3n) is 3.55. The van der Waals surface area contributed by atoms with Gasteiger partial charge in [0.05, 0.1) is 4.88 Å². The highest BCUT2D eigenvalue weighted by Crippen LogP contribution is 2.21. The summed E-state index contributed by atoms with van der Waals surface area (Å²) in [5, 5.41) is 6.56. The van der Waals surface area contributed by atoms with Crippen molar-refractivity contribution in [1.82, 2.24) is 15.0 Å². The van der Waals surface area contributed by atoms with Crippen LogP contribution in [0.3, 0.4) is 0 Å². The lowest BCUT2D eigenvalue weighted by Crippen LogP contribution is -2.26. The fourth-order valence-electron chi connectivity index (χ4n) is 2.24. The van der Waals surface area contributed by atoms with E-state index in [9.17, 15) is 4.79 Å². The van der Waals surface area contributed by atoms with Gasteiger partial charge in [-0.25, -0.2) is 0 Å². The lowest BCUT2D eigenvalue weighted by molar-refractivity contribution is -0.130. The predicted octanol–water partition coefficient (Wildman–Crippen LogP) is 4.04. The number of benzene rings is 1. The molecule has 0 saturated heterocycles. The molecule has 0 radical (unpaired) electrons. The first-order chi connectivity index (χ1) is 11.6. The van der Waals surface area contributed by atoms with E-state index in [1.54, 1.807) is 23.3 Å². The minimum absolute atomic E-state index is 0.00536. The molecule has 24 heavy (non-hydrogen) atoms. The molecule has 2 heterocycles. The third-order valence-corrected chi connectivity index (χ3v) is 4.79. The van der Waals surface area contributed by atoms with E-state index in [1.807, 2.05) is 41.8 Å². The van der Waals surface area contributed by atoms with Crippen LogP contribution < -0.4 is 0 Å². The fraction of sp³-hybridized carbons (Fsp3) is 0.235. The number of aromatic nitrogens is 2. The average Bonchev–Trinajstić information content (AvgIpc) is 3.25. The number of thiophene rings is 1. The molecule has 0 fully saturated rings. The van der Waals surface area contributed by atoms with Crippen LogP contribution in [0.25, 0.3) is 10.7 Å². The van der Waals surface area contributed by atoms with Gasteiger partial charge in [0.2, 0.25) is 17.6 Å². The molecule has 0 unspecified atom stereocenters. The maximum absolute atomic E-state index is 12.3. The molecule has 0 aliphatic carbocycles. The van der Waals surface area contributed by atoms with Gasteiger partial charge in [-0.15, -0.1) is 11.3 Å². The number of rotatable bonds is 6. The van der Waals surface area contributed by atoms with Crippen LogP contribution in [0.2, 0.25) is 5.02 Å². The van der Waals surface area contributed by atoms with Crippen molar-refractivity contribution in [2.24, 2.45) is 0 Å². The Morgan fingerprint density at radius 1 is 1.29 bits per heavy atom. The SMILES string of the molecule is CN(Cc1ccccc1Cl)C(=O)CCc1nc(-c2cccs2)no1. The van der Waals surface area contributed by atoms with Crippen molar-refractivity contribution in [3.05, 3.63) is 58.3 Å². The normalized spacial score (nSPS) is 10.8. The summed E-state index contributed by atoms with van der Waals surface area (Å²) in [6.07, 6.45) is 0.733. The topological polar surface area (TPSA) is 59.2 Å². The van der Waals surface area contributed by atoms with E-state index in [4.69, 9.17) is 16.1 Å². The summed E-state index contributed by atoms with van der Waals surface area (Å²) in [5.41, 5.74) is 0.924. The Labute approximate surface area is 148 Å². The van der Waals surface area contributed by atoms with Crippen molar-refractivity contribution in [2.75, 3.05) is 7.05 Å². The second-order valence-electron chi connectivity index (χ2n) is 5.33. The first-order valence-electron chi connectivity index (χ1n) is 7.47. The van der Waals surface area contributed by atoms with E-state index in [0.717, 1.165) is 10.4 Å². The van der Waals surface area contributed by atoms with E-state index >= 15 is 0 Å². The summed E-state index contributed by atoms with van der Waals surface area (Å²) in [6, 6.07) is 11.4. The van der Waals surface area contributed by atoms with Gasteiger partial charge in [-0.2, -0.15) is 4.98 Å². The number of nitrogens with zero attached hydrogens (tertiary/aromatic N) is 3. The highest BCUT2D eigenvalue weighted by Gasteiger charge is 2.14. The molecule has 7 heteroatoms. The van der Waals surface area contributed by atoms with E-state index in [0.29, 0.717) is 36.1 Å². The second kappa shape index (κ2) is 7.59. The largest absolute Gasteiger partial charge is 0.341 e. The Kier molecular flexibility index (Phi) is 5.27. The van der Waals surface area contributed by atoms with Gasteiger partial charge in [0.25, 0.3) is 0 Å². The minimum Gasteiger partial charge on any atom is -0.341 e. The number of hydrogen-bond acceptors (Lipinski definition) is 5. The molecular weight excluding hydrogens is 346 g/mol. The molecule has 124 valence electrons. The number of aryl methyl sites for hydroxylation is 1. The lowest BCUT2D eigenvalue weighted by atomic mass is 10.2. The molecule has 3 rings (SSSR count). The Hall–Kier alpha value is -2.18. The highest BCUT2D eigenvalue weighted by atomic mass is 35.5. The Morgan fingerprint density at radius 3 is 2.88 bits per heavy atom. The zero-order chi connectivity index (χ0) is 16.9. The molecule has 1 aromatic carbocycles. The number of halogens is 1. The van der Waals surface area contributed by atoms with Gasteiger partial charge in [-0.05, 0) is 23.1 Å². The van der Waals surface area contributed by atoms with Crippen LogP contribution in [0.4, 0.5) is 0 Å². The third kappa shape index (κ3) is 4.01. The number of carbonyl (C=O) groups excluding carboxylic acids is 1. The summed E-state index contributed by atoms with van der Waals surface area (Å²) >= 11 is 7.68. The quantitative estimate of drug-likeness (QED) is 0.664. The molecule has 2 aromatic heterocycles. The summed E-state index contributed by atoms with van der Waals surface area (Å²) in [6.45, 7) is 0.475. The summed E-state index contributed by atoms with van der Waals surface area (Å²) in [5.74, 6) is 1.04. The van der Waals surface area contributed by atoms with Gasteiger partial charge >= 0.3 is 0 Å². The van der Waals surface area contributed by atoms with Crippen molar-refractivity contribution in [3.63, 3.8) is 0 Å². The molecule has 0 saturated carbocycles. The van der Waals surface area contributed by atoms with Crippen LogP contribution in [0.1, 0.15) is 17.9 Å². The Morgan fingerprint density at radius 2 is 2.12 bits per heavy atom. The molecule has 3 aromatic rings. The maximum atomic E-state index is 12.3. The first-order valence-corrected chi connectivity index (χ1v) is 8.73. The maximum Gasteiger partial charge on any atom is 0.227 e. The smallest absolute Gasteiger partial charge is 0.227 e. The fourth-order valence-corrected chi connectivity index (χ4v) is 3.08. The van der Waals surface area contributed by atoms with Crippen LogP contribution >= 0.6 is 22.9 Å². The second-order valence-corrected chi connectivity index (χ2v) is 6.69. The number of carbonyl (C=O) groups is 1. The monoisotopic (exact) mass is 361 g/mol. The van der Waals surface area contributed by atoms with Crippen molar-refractivity contribution < 1.29 is 9.32 Å². The van der Waals surface area contributed by atoms with Gasteiger partial charge in [-0.1, -0.05) is 41.0 Å². The zero-order valence-corrected chi connectivity index (χ0v) is 14.7. The van der Waals surface area contributed by atoms with Crippen LogP contribution in [0.15, 0.2) is 46.3 Å². The van der Waals surface area contributed by atoms with Crippen LogP contribution in [0.5, 0.6) is 0 Å². The van der Waals surface area contributed by atoms with E-state index in [1.165, 1.54) is 0 Å². The van der Waals surface area contributed by atoms with Crippen LogP contribution in [-0.4, -0.2) is 28.0 Å². The zero-order valence-electron chi connectivity index (χ0n) is 13.1. The standard InChI is InChI=1S/C17H16ClN3O2S/c1-21(11-12-5-2-3-6-13(12)18)16(22)9-8-15-19-17(20-23-15)14-7-4-10-24-14/h2-7,10H,8-9,11H2,1H3. The van der Waals surface area contributed by atoms with E-state index < -0.39 is 0 Å². The van der Waals surface area contributed by atoms with Gasteiger partial charge in [0.15, 0.2) is 0 Å². The summed E-state index contributed by atoms with van der Waals surface area (Å²) in [7, 11) is 1.76. The number of hydrogen-bond donors (Lipinski definition) is 0. The van der Waals surface area contributed by atoms with Crippen LogP contribution in [0, 0.1) is 0 Å². The molecule has 0 spiro atoms. The van der Waals surface area contributed by atoms with Crippen LogP contribution in [-0.2, 0) is 17.8 Å². The molecule has 0 aliphatic heterocycles. The van der Waals surface area contributed by atoms with Crippen molar-refractivity contribution in [1.29, 1.82) is 0 Å². The summed E-state index contributed by atoms with van der Waals surface area (Å²) in [4.78, 5) is 19.2. The molecule has 1 amide bonds. The Balaban J connectivity index is 1.54. The van der Waals surface area contributed by atoms with Crippen molar-refractivity contribution in [3.8, 4) is 10.7 Å². The van der Waals surface area contributed by atoms with E-state index in [-0.39, 0.29) is 5.91 Å². The minimum atomic E-state index is 0.00536. The van der Waals surface area contributed by atoms with E-state index in [2.05, 4.69) is 10.1 Å². The average molecular weight is 362 g/mol. The Bertz CT molecular complexity index is 817. The predicted molar refractivity (Wildman–Crippen MR) is 93.9 cm³/mol. The van der Waals surface area contributed by atoms with Gasteiger partial charge < -0.3 is 9.42 Å². The summed E-state index contributed by atoms with van der Waals surface area (Å²) < 4.78 is 5.21. The molecule has 0 N–H and O–H groups in total. The van der Waals surface area contributed by atoms with Crippen molar-refractivity contribution in [2.45, 2.75) is 19.4 Å². The van der Waals surface area contributed by atoms with Gasteiger partial charge in [0, 0.05) is 31.5 Å². The lowest BCUT2D eigenvalue weighted by Gasteiger charge is -2.17. The molecular formula is C17H16ClN3O2S. The molecule has 0 aliphatic rings. The first kappa shape index (κ1) is 16.7. The number of amides is 1. The van der Waals surface area contributed by atoms with Crippen molar-refractivity contribution >= 4 is 28.8 Å². The molecule has 0 atom stereocenters.